The van der Waals surface area contributed by atoms with Gasteiger partial charge in [0.15, 0.2) is 0 Å². The van der Waals surface area contributed by atoms with E-state index >= 15 is 0 Å². The van der Waals surface area contributed by atoms with Crippen LogP contribution in [0.3, 0.4) is 0 Å². The summed E-state index contributed by atoms with van der Waals surface area (Å²) in [5, 5.41) is 4.95. The van der Waals surface area contributed by atoms with Gasteiger partial charge in [0.05, 0.1) is 19.6 Å². The molecule has 30 heavy (non-hydrogen) atoms. The van der Waals surface area contributed by atoms with Crippen molar-refractivity contribution >= 4 is 22.6 Å². The molecule has 0 saturated carbocycles. The van der Waals surface area contributed by atoms with E-state index in [0.29, 0.717) is 6.42 Å². The van der Waals surface area contributed by atoms with Crippen LogP contribution in [0.15, 0.2) is 66.7 Å². The fourth-order valence-electron chi connectivity index (χ4n) is 3.37. The van der Waals surface area contributed by atoms with E-state index < -0.39 is 17.9 Å². The molecule has 0 aliphatic heterocycles. The number of esters is 1. The van der Waals surface area contributed by atoms with Gasteiger partial charge >= 0.3 is 5.97 Å². The Hall–Kier alpha value is -3.34. The van der Waals surface area contributed by atoms with Gasteiger partial charge in [0.25, 0.3) is 0 Å². The number of carbonyl (C=O) groups excluding carboxylic acids is 2. The highest BCUT2D eigenvalue weighted by atomic mass is 16.5. The lowest BCUT2D eigenvalue weighted by Crippen LogP contribution is -2.44. The maximum atomic E-state index is 13.0. The number of ether oxygens (including phenoxy) is 2. The van der Waals surface area contributed by atoms with Crippen molar-refractivity contribution < 1.29 is 19.1 Å². The molecule has 0 saturated heterocycles. The van der Waals surface area contributed by atoms with Gasteiger partial charge in [0.1, 0.15) is 11.8 Å². The van der Waals surface area contributed by atoms with E-state index in [1.54, 1.807) is 14.0 Å². The Morgan fingerprint density at radius 2 is 1.67 bits per heavy atom. The van der Waals surface area contributed by atoms with Gasteiger partial charge in [-0.1, -0.05) is 54.6 Å². The van der Waals surface area contributed by atoms with Gasteiger partial charge in [0.2, 0.25) is 5.91 Å². The molecular weight excluding hydrogens is 378 g/mol. The van der Waals surface area contributed by atoms with Crippen LogP contribution < -0.4 is 10.1 Å². The second-order valence-corrected chi connectivity index (χ2v) is 7.20. The van der Waals surface area contributed by atoms with Crippen LogP contribution in [0.4, 0.5) is 0 Å². The van der Waals surface area contributed by atoms with Crippen LogP contribution in [0.5, 0.6) is 5.75 Å². The minimum absolute atomic E-state index is 0.211. The molecule has 3 rings (SSSR count). The van der Waals surface area contributed by atoms with Gasteiger partial charge in [-0.05, 0) is 47.9 Å². The van der Waals surface area contributed by atoms with Gasteiger partial charge in [-0.2, -0.15) is 0 Å². The number of amides is 1. The quantitative estimate of drug-likeness (QED) is 0.569. The lowest BCUT2D eigenvalue weighted by Gasteiger charge is -2.20. The first-order valence-electron chi connectivity index (χ1n) is 10.1. The second kappa shape index (κ2) is 9.92. The Kier molecular flexibility index (Phi) is 7.07. The van der Waals surface area contributed by atoms with Crippen molar-refractivity contribution in [2.45, 2.75) is 32.2 Å². The number of hydrogen-bond acceptors (Lipinski definition) is 4. The standard InChI is InChI=1S/C25H27NO4/c1-4-30-25(28)23(14-18-8-6-5-7-9-18)26-24(27)17(2)19-10-11-21-16-22(29-3)13-12-20(21)15-19/h5-13,15-17,23H,4,14H2,1-3H3,(H,26,27). The lowest BCUT2D eigenvalue weighted by atomic mass is 9.96. The highest BCUT2D eigenvalue weighted by molar-refractivity contribution is 5.90. The third kappa shape index (κ3) is 5.17. The molecule has 5 heteroatoms. The van der Waals surface area contributed by atoms with Crippen molar-refractivity contribution in [3.8, 4) is 5.75 Å². The first-order chi connectivity index (χ1) is 14.5. The average molecular weight is 405 g/mol. The van der Waals surface area contributed by atoms with Crippen LogP contribution >= 0.6 is 0 Å². The van der Waals surface area contributed by atoms with Crippen molar-refractivity contribution in [2.75, 3.05) is 13.7 Å². The summed E-state index contributed by atoms with van der Waals surface area (Å²) >= 11 is 0. The SMILES string of the molecule is CCOC(=O)C(Cc1ccccc1)NC(=O)C(C)c1ccc2cc(OC)ccc2c1. The highest BCUT2D eigenvalue weighted by Crippen LogP contribution is 2.25. The molecule has 3 aromatic rings. The fourth-order valence-corrected chi connectivity index (χ4v) is 3.37. The normalized spacial score (nSPS) is 12.8. The van der Waals surface area contributed by atoms with Crippen molar-refractivity contribution in [2.24, 2.45) is 0 Å². The maximum Gasteiger partial charge on any atom is 0.328 e. The van der Waals surface area contributed by atoms with Gasteiger partial charge in [-0.25, -0.2) is 4.79 Å². The molecule has 3 aromatic carbocycles. The first-order valence-corrected chi connectivity index (χ1v) is 10.1. The van der Waals surface area contributed by atoms with Crippen LogP contribution in [-0.4, -0.2) is 31.6 Å². The van der Waals surface area contributed by atoms with E-state index in [2.05, 4.69) is 5.32 Å². The molecule has 0 aliphatic rings. The molecule has 1 amide bonds. The van der Waals surface area contributed by atoms with E-state index in [1.807, 2.05) is 73.7 Å². The Morgan fingerprint density at radius 3 is 2.37 bits per heavy atom. The average Bonchev–Trinajstić information content (AvgIpc) is 2.78. The third-order valence-electron chi connectivity index (χ3n) is 5.14. The molecule has 0 aromatic heterocycles. The minimum Gasteiger partial charge on any atom is -0.497 e. The van der Waals surface area contributed by atoms with E-state index in [0.717, 1.165) is 27.6 Å². The number of hydrogen-bond donors (Lipinski definition) is 1. The third-order valence-corrected chi connectivity index (χ3v) is 5.14. The van der Waals surface area contributed by atoms with Gasteiger partial charge in [-0.15, -0.1) is 0 Å². The van der Waals surface area contributed by atoms with Crippen LogP contribution in [0.2, 0.25) is 0 Å². The molecule has 0 spiro atoms. The van der Waals surface area contributed by atoms with Crippen molar-refractivity contribution in [3.05, 3.63) is 77.9 Å². The summed E-state index contributed by atoms with van der Waals surface area (Å²) in [5.74, 6) is -0.257. The van der Waals surface area contributed by atoms with E-state index in [-0.39, 0.29) is 12.5 Å². The van der Waals surface area contributed by atoms with E-state index in [1.165, 1.54) is 0 Å². The van der Waals surface area contributed by atoms with Gasteiger partial charge in [-0.3, -0.25) is 4.79 Å². The van der Waals surface area contributed by atoms with E-state index in [9.17, 15) is 9.59 Å². The minimum atomic E-state index is -0.730. The number of fused-ring (bicyclic) bond motifs is 1. The van der Waals surface area contributed by atoms with Crippen LogP contribution in [0.1, 0.15) is 30.9 Å². The molecule has 2 atom stereocenters. The van der Waals surface area contributed by atoms with Crippen LogP contribution in [0, 0.1) is 0 Å². The van der Waals surface area contributed by atoms with E-state index in [4.69, 9.17) is 9.47 Å². The summed E-state index contributed by atoms with van der Waals surface area (Å²) in [6, 6.07) is 20.6. The van der Waals surface area contributed by atoms with Gasteiger partial charge < -0.3 is 14.8 Å². The monoisotopic (exact) mass is 405 g/mol. The zero-order chi connectivity index (χ0) is 21.5. The zero-order valence-corrected chi connectivity index (χ0v) is 17.6. The number of benzene rings is 3. The Labute approximate surface area is 177 Å². The van der Waals surface area contributed by atoms with Crippen LogP contribution in [0.25, 0.3) is 10.8 Å². The molecule has 0 fully saturated rings. The summed E-state index contributed by atoms with van der Waals surface area (Å²) in [4.78, 5) is 25.4. The molecule has 0 aliphatic carbocycles. The Morgan fingerprint density at radius 1 is 0.967 bits per heavy atom. The summed E-state index contributed by atoms with van der Waals surface area (Å²) < 4.78 is 10.4. The van der Waals surface area contributed by atoms with Crippen molar-refractivity contribution in [1.82, 2.24) is 5.32 Å². The molecule has 0 radical (unpaired) electrons. The summed E-state index contributed by atoms with van der Waals surface area (Å²) in [5.41, 5.74) is 1.84. The summed E-state index contributed by atoms with van der Waals surface area (Å²) in [6.07, 6.45) is 0.385. The molecule has 2 unspecified atom stereocenters. The highest BCUT2D eigenvalue weighted by Gasteiger charge is 2.25. The predicted molar refractivity (Wildman–Crippen MR) is 118 cm³/mol. The zero-order valence-electron chi connectivity index (χ0n) is 17.6. The van der Waals surface area contributed by atoms with Gasteiger partial charge in [0, 0.05) is 6.42 Å². The smallest absolute Gasteiger partial charge is 0.328 e. The second-order valence-electron chi connectivity index (χ2n) is 7.20. The Bertz CT molecular complexity index is 1020. The summed E-state index contributed by atoms with van der Waals surface area (Å²) in [6.45, 7) is 3.86. The summed E-state index contributed by atoms with van der Waals surface area (Å²) in [7, 11) is 1.64. The molecule has 5 nitrogen and oxygen atoms in total. The first kappa shape index (κ1) is 21.4. The van der Waals surface area contributed by atoms with Crippen molar-refractivity contribution in [3.63, 3.8) is 0 Å². The number of methoxy groups -OCH3 is 1. The molecule has 0 bridgehead atoms. The molecule has 156 valence electrons. The maximum absolute atomic E-state index is 13.0. The number of rotatable bonds is 8. The lowest BCUT2D eigenvalue weighted by molar-refractivity contribution is -0.147. The molecule has 1 N–H and O–H groups in total. The van der Waals surface area contributed by atoms with Crippen molar-refractivity contribution in [1.29, 1.82) is 0 Å². The fraction of sp³-hybridized carbons (Fsp3) is 0.280. The topological polar surface area (TPSA) is 64.6 Å². The van der Waals surface area contributed by atoms with Crippen LogP contribution in [-0.2, 0) is 20.7 Å². The molecular formula is C25H27NO4. The largest absolute Gasteiger partial charge is 0.497 e. The number of carbonyl (C=O) groups is 2. The molecule has 0 heterocycles. The Balaban J connectivity index is 1.77. The predicted octanol–water partition coefficient (Wildman–Crippen LogP) is 4.24. The number of nitrogens with one attached hydrogen (secondary N) is 1.